The minimum atomic E-state index is -4.27. The first-order valence-electron chi connectivity index (χ1n) is 9.97. The molecule has 0 spiro atoms. The van der Waals surface area contributed by atoms with E-state index in [1.807, 2.05) is 14.1 Å². The van der Waals surface area contributed by atoms with E-state index >= 15 is 0 Å². The van der Waals surface area contributed by atoms with Crippen molar-refractivity contribution in [1.29, 1.82) is 0 Å². The maximum Gasteiger partial charge on any atom is 0.361 e. The van der Waals surface area contributed by atoms with Gasteiger partial charge in [0.15, 0.2) is 5.69 Å². The van der Waals surface area contributed by atoms with Crippen LogP contribution in [0.15, 0.2) is 46.1 Å². The summed E-state index contributed by atoms with van der Waals surface area (Å²) in [7, 11) is -0.549. The number of anilines is 1. The number of aromatic hydroxyl groups is 1. The largest absolute Gasteiger partial charge is 0.501 e. The fraction of sp³-hybridized carbons (Fsp3) is 0.190. The van der Waals surface area contributed by atoms with Crippen LogP contribution in [0.5, 0.6) is 5.75 Å². The first-order valence-corrected chi connectivity index (χ1v) is 12.6. The van der Waals surface area contributed by atoms with E-state index in [4.69, 9.17) is 39.5 Å². The topological polar surface area (TPSA) is 143 Å². The lowest BCUT2D eigenvalue weighted by Gasteiger charge is -2.14. The zero-order valence-corrected chi connectivity index (χ0v) is 21.4. The van der Waals surface area contributed by atoms with Gasteiger partial charge in [0.2, 0.25) is 5.75 Å². The number of sulfonamides is 1. The summed E-state index contributed by atoms with van der Waals surface area (Å²) in [5.41, 5.74) is -1.51. The molecule has 35 heavy (non-hydrogen) atoms. The molecule has 4 N–H and O–H groups in total. The molecule has 3 rings (SSSR count). The Bertz CT molecular complexity index is 1440. The summed E-state index contributed by atoms with van der Waals surface area (Å²) in [5, 5.41) is 9.74. The molecule has 2 aromatic carbocycles. The average Bonchev–Trinajstić information content (AvgIpc) is 2.78. The number of quaternary nitrogens is 1. The molecule has 0 aliphatic heterocycles. The molecular formula is C21H20Cl3N4O6S+. The Hall–Kier alpha value is -2.83. The van der Waals surface area contributed by atoms with E-state index in [0.717, 1.165) is 4.90 Å². The van der Waals surface area contributed by atoms with E-state index in [1.54, 1.807) is 6.07 Å². The average molecular weight is 563 g/mol. The molecule has 0 aliphatic rings. The molecule has 0 saturated carbocycles. The molecule has 0 amide bonds. The number of halogens is 3. The van der Waals surface area contributed by atoms with E-state index < -0.39 is 33.0 Å². The number of ether oxygens (including phenoxy) is 1. The Labute approximate surface area is 215 Å². The highest BCUT2D eigenvalue weighted by molar-refractivity contribution is 7.92. The van der Waals surface area contributed by atoms with Gasteiger partial charge >= 0.3 is 5.97 Å². The van der Waals surface area contributed by atoms with E-state index in [2.05, 4.69) is 14.7 Å². The Morgan fingerprint density at radius 3 is 2.51 bits per heavy atom. The van der Waals surface area contributed by atoms with Crippen molar-refractivity contribution in [3.8, 4) is 17.1 Å². The highest BCUT2D eigenvalue weighted by Gasteiger charge is 2.25. The van der Waals surface area contributed by atoms with Crippen LogP contribution in [0.4, 0.5) is 5.69 Å². The lowest BCUT2D eigenvalue weighted by atomic mass is 10.1. The minimum absolute atomic E-state index is 0.000922. The zero-order valence-electron chi connectivity index (χ0n) is 18.4. The highest BCUT2D eigenvalue weighted by atomic mass is 35.5. The lowest BCUT2D eigenvalue weighted by Crippen LogP contribution is -3.06. The highest BCUT2D eigenvalue weighted by Crippen LogP contribution is 2.36. The number of para-hydroxylation sites is 1. The van der Waals surface area contributed by atoms with Gasteiger partial charge in [-0.1, -0.05) is 46.9 Å². The number of aromatic nitrogens is 2. The van der Waals surface area contributed by atoms with Gasteiger partial charge in [-0.25, -0.2) is 18.2 Å². The van der Waals surface area contributed by atoms with Gasteiger partial charge in [0.1, 0.15) is 23.9 Å². The molecular weight excluding hydrogens is 543 g/mol. The molecule has 0 aliphatic carbocycles. The van der Waals surface area contributed by atoms with Gasteiger partial charge < -0.3 is 19.7 Å². The molecule has 0 fully saturated rings. The van der Waals surface area contributed by atoms with Crippen molar-refractivity contribution < 1.29 is 28.0 Å². The van der Waals surface area contributed by atoms with E-state index in [0.29, 0.717) is 6.54 Å². The van der Waals surface area contributed by atoms with Crippen molar-refractivity contribution in [3.63, 3.8) is 0 Å². The van der Waals surface area contributed by atoms with Gasteiger partial charge in [0.05, 0.1) is 34.9 Å². The molecule has 0 bridgehead atoms. The number of benzene rings is 2. The van der Waals surface area contributed by atoms with Crippen LogP contribution in [-0.2, 0) is 14.8 Å². The van der Waals surface area contributed by atoms with Crippen molar-refractivity contribution in [3.05, 3.63) is 67.5 Å². The maximum absolute atomic E-state index is 13.0. The molecule has 14 heteroatoms. The number of likely N-dealkylation sites (N-methyl/N-ethyl adjacent to an activating group) is 1. The quantitative estimate of drug-likeness (QED) is 0.243. The number of nitrogens with zero attached hydrogens (tertiary/aromatic N) is 1. The summed E-state index contributed by atoms with van der Waals surface area (Å²) in [4.78, 5) is 31.8. The number of hydrogen-bond donors (Lipinski definition) is 4. The van der Waals surface area contributed by atoms with Gasteiger partial charge in [0, 0.05) is 5.56 Å². The zero-order chi connectivity index (χ0) is 25.9. The lowest BCUT2D eigenvalue weighted by molar-refractivity contribution is -0.858. The molecule has 0 saturated heterocycles. The van der Waals surface area contributed by atoms with Crippen LogP contribution in [-0.4, -0.2) is 56.7 Å². The third kappa shape index (κ3) is 6.06. The summed E-state index contributed by atoms with van der Waals surface area (Å²) in [6, 6.07) is 8.42. The Morgan fingerprint density at radius 1 is 1.14 bits per heavy atom. The van der Waals surface area contributed by atoms with Crippen molar-refractivity contribution in [2.24, 2.45) is 0 Å². The number of esters is 1. The van der Waals surface area contributed by atoms with Crippen LogP contribution in [0.25, 0.3) is 11.4 Å². The molecule has 1 heterocycles. The minimum Gasteiger partial charge on any atom is -0.501 e. The van der Waals surface area contributed by atoms with Crippen LogP contribution in [0.2, 0.25) is 15.1 Å². The fourth-order valence-electron chi connectivity index (χ4n) is 2.85. The van der Waals surface area contributed by atoms with Crippen molar-refractivity contribution in [1.82, 2.24) is 9.97 Å². The predicted molar refractivity (Wildman–Crippen MR) is 132 cm³/mol. The van der Waals surface area contributed by atoms with Gasteiger partial charge in [-0.15, -0.1) is 0 Å². The first-order chi connectivity index (χ1) is 16.4. The number of nitrogens with one attached hydrogen (secondary N) is 3. The molecule has 0 radical (unpaired) electrons. The first kappa shape index (κ1) is 26.8. The van der Waals surface area contributed by atoms with Crippen LogP contribution >= 0.6 is 34.8 Å². The van der Waals surface area contributed by atoms with Gasteiger partial charge in [-0.3, -0.25) is 9.52 Å². The number of carbonyl (C=O) groups excluding carboxylic acids is 1. The third-order valence-corrected chi connectivity index (χ3v) is 7.45. The van der Waals surface area contributed by atoms with Crippen LogP contribution < -0.4 is 15.2 Å². The smallest absolute Gasteiger partial charge is 0.361 e. The summed E-state index contributed by atoms with van der Waals surface area (Å²) in [6.45, 7) is 0.523. The second-order valence-corrected chi connectivity index (χ2v) is 10.3. The standard InChI is InChI=1S/C21H19Cl3N4O6S/c1-28(2)9-10-34-21(31)17-18(29)20(30)26-19(25-17)11-5-3-4-6-13(11)27-35(32,33)14-8-7-12(22)15(23)16(14)24/h3-8,27,29H,9-10H2,1-2H3,(H,25,26,30)/p+1. The van der Waals surface area contributed by atoms with Crippen LogP contribution in [0, 0.1) is 0 Å². The molecule has 0 unspecified atom stereocenters. The van der Waals surface area contributed by atoms with Crippen LogP contribution in [0.1, 0.15) is 10.5 Å². The van der Waals surface area contributed by atoms with E-state index in [9.17, 15) is 23.1 Å². The van der Waals surface area contributed by atoms with Crippen molar-refractivity contribution in [2.75, 3.05) is 32.0 Å². The number of aromatic amines is 1. The molecule has 186 valence electrons. The summed E-state index contributed by atoms with van der Waals surface area (Å²) in [6.07, 6.45) is 0. The summed E-state index contributed by atoms with van der Waals surface area (Å²) >= 11 is 17.9. The maximum atomic E-state index is 13.0. The molecule has 3 aromatic rings. The second-order valence-electron chi connectivity index (χ2n) is 7.53. The van der Waals surface area contributed by atoms with Crippen molar-refractivity contribution in [2.45, 2.75) is 4.90 Å². The molecule has 1 aromatic heterocycles. The number of H-pyrrole nitrogens is 1. The third-order valence-electron chi connectivity index (χ3n) is 4.64. The monoisotopic (exact) mass is 561 g/mol. The SMILES string of the molecule is C[NH+](C)CCOC(=O)c1nc(-c2ccccc2NS(=O)(=O)c2ccc(Cl)c(Cl)c2Cl)[nH]c(=O)c1O. The predicted octanol–water partition coefficient (Wildman–Crippen LogP) is 2.20. The number of rotatable bonds is 8. The summed E-state index contributed by atoms with van der Waals surface area (Å²) in [5.74, 6) is -2.11. The Morgan fingerprint density at radius 2 is 1.83 bits per heavy atom. The summed E-state index contributed by atoms with van der Waals surface area (Å²) < 4.78 is 33.5. The molecule has 10 nitrogen and oxygen atoms in total. The van der Waals surface area contributed by atoms with Crippen molar-refractivity contribution >= 4 is 56.5 Å². The number of carbonyl (C=O) groups is 1. The number of hydrogen-bond acceptors (Lipinski definition) is 7. The molecule has 0 atom stereocenters. The van der Waals surface area contributed by atoms with E-state index in [-0.39, 0.29) is 43.6 Å². The van der Waals surface area contributed by atoms with Gasteiger partial charge in [0.25, 0.3) is 15.6 Å². The van der Waals surface area contributed by atoms with Gasteiger partial charge in [-0.2, -0.15) is 0 Å². The fourth-order valence-corrected chi connectivity index (χ4v) is 4.91. The second kappa shape index (κ2) is 10.8. The van der Waals surface area contributed by atoms with E-state index in [1.165, 1.54) is 30.3 Å². The van der Waals surface area contributed by atoms with Gasteiger partial charge in [-0.05, 0) is 24.3 Å². The Balaban J connectivity index is 2.02. The Kier molecular flexibility index (Phi) is 8.29. The normalized spacial score (nSPS) is 11.5. The van der Waals surface area contributed by atoms with Crippen LogP contribution in [0.3, 0.4) is 0 Å².